The van der Waals surface area contributed by atoms with Crippen LogP contribution in [0.3, 0.4) is 0 Å². The predicted octanol–water partition coefficient (Wildman–Crippen LogP) is 5.08. The monoisotopic (exact) mass is 399 g/mol. The largest absolute Gasteiger partial charge is 0.443 e. The van der Waals surface area contributed by atoms with Crippen LogP contribution >= 0.6 is 11.6 Å². The van der Waals surface area contributed by atoms with Crippen LogP contribution in [0.5, 0.6) is 0 Å². The molecule has 0 unspecified atom stereocenters. The fourth-order valence-corrected chi connectivity index (χ4v) is 2.65. The van der Waals surface area contributed by atoms with Crippen molar-refractivity contribution in [3.8, 4) is 11.1 Å². The number of hydrogen-bond donors (Lipinski definition) is 1. The molecule has 0 atom stereocenters. The standard InChI is InChI=1S/C20H22ClN5O2/c1-5-16-23-17(21)25-18(24-16)22-15-8-6-13(7-9-15)14-10-11-26(12-14)19(27)28-20(2,3)4/h6-12H,5H2,1-4H3,(H,22,23,24,25). The highest BCUT2D eigenvalue weighted by Gasteiger charge is 2.17. The van der Waals surface area contributed by atoms with Crippen LogP contribution in [0, 0.1) is 0 Å². The molecular weight excluding hydrogens is 378 g/mol. The van der Waals surface area contributed by atoms with Gasteiger partial charge in [0.1, 0.15) is 11.4 Å². The number of carbonyl (C=O) groups excluding carboxylic acids is 1. The van der Waals surface area contributed by atoms with E-state index in [4.69, 9.17) is 16.3 Å². The Hall–Kier alpha value is -2.93. The summed E-state index contributed by atoms with van der Waals surface area (Å²) in [6, 6.07) is 9.57. The molecule has 0 fully saturated rings. The van der Waals surface area contributed by atoms with Crippen LogP contribution in [0.4, 0.5) is 16.4 Å². The number of nitrogens with one attached hydrogen (secondary N) is 1. The number of carbonyl (C=O) groups is 1. The average Bonchev–Trinajstić information content (AvgIpc) is 3.11. The van der Waals surface area contributed by atoms with E-state index in [0.717, 1.165) is 16.8 Å². The van der Waals surface area contributed by atoms with Crippen molar-refractivity contribution in [3.05, 3.63) is 53.8 Å². The number of benzene rings is 1. The van der Waals surface area contributed by atoms with Crippen LogP contribution in [0.15, 0.2) is 42.7 Å². The average molecular weight is 400 g/mol. The minimum atomic E-state index is -0.537. The van der Waals surface area contributed by atoms with Gasteiger partial charge in [-0.1, -0.05) is 19.1 Å². The molecule has 0 amide bonds. The molecule has 0 radical (unpaired) electrons. The number of aromatic nitrogens is 4. The smallest absolute Gasteiger partial charge is 0.418 e. The molecule has 3 rings (SSSR count). The number of anilines is 2. The summed E-state index contributed by atoms with van der Waals surface area (Å²) in [6.45, 7) is 7.46. The zero-order valence-electron chi connectivity index (χ0n) is 16.2. The Balaban J connectivity index is 1.73. The van der Waals surface area contributed by atoms with E-state index in [0.29, 0.717) is 18.2 Å². The van der Waals surface area contributed by atoms with E-state index in [1.807, 2.05) is 58.0 Å². The Morgan fingerprint density at radius 3 is 2.46 bits per heavy atom. The summed E-state index contributed by atoms with van der Waals surface area (Å²) in [6.07, 6.45) is 3.70. The van der Waals surface area contributed by atoms with Gasteiger partial charge in [0.25, 0.3) is 0 Å². The van der Waals surface area contributed by atoms with Gasteiger partial charge in [-0.2, -0.15) is 9.97 Å². The maximum Gasteiger partial charge on any atom is 0.418 e. The predicted molar refractivity (Wildman–Crippen MR) is 109 cm³/mol. The molecule has 28 heavy (non-hydrogen) atoms. The number of aryl methyl sites for hydroxylation is 1. The van der Waals surface area contributed by atoms with Crippen molar-refractivity contribution < 1.29 is 9.53 Å². The highest BCUT2D eigenvalue weighted by atomic mass is 35.5. The quantitative estimate of drug-likeness (QED) is 0.658. The lowest BCUT2D eigenvalue weighted by Crippen LogP contribution is -2.26. The van der Waals surface area contributed by atoms with Crippen LogP contribution in [0.25, 0.3) is 11.1 Å². The second-order valence-corrected chi connectivity index (χ2v) is 7.53. The van der Waals surface area contributed by atoms with Gasteiger partial charge < -0.3 is 10.1 Å². The molecule has 0 aliphatic heterocycles. The number of rotatable bonds is 4. The second-order valence-electron chi connectivity index (χ2n) is 7.19. The number of ether oxygens (including phenoxy) is 1. The molecule has 7 nitrogen and oxygen atoms in total. The Morgan fingerprint density at radius 1 is 1.11 bits per heavy atom. The Bertz CT molecular complexity index is 977. The topological polar surface area (TPSA) is 81.9 Å². The van der Waals surface area contributed by atoms with E-state index < -0.39 is 11.7 Å². The van der Waals surface area contributed by atoms with E-state index >= 15 is 0 Å². The van der Waals surface area contributed by atoms with Gasteiger partial charge in [-0.05, 0) is 61.7 Å². The van der Waals surface area contributed by atoms with Crippen LogP contribution in [0.1, 0.15) is 33.5 Å². The van der Waals surface area contributed by atoms with Crippen molar-refractivity contribution in [3.63, 3.8) is 0 Å². The third kappa shape index (κ3) is 5.07. The minimum absolute atomic E-state index is 0.162. The molecule has 8 heteroatoms. The first-order valence-electron chi connectivity index (χ1n) is 8.93. The van der Waals surface area contributed by atoms with Gasteiger partial charge in [-0.15, -0.1) is 0 Å². The van der Waals surface area contributed by atoms with Gasteiger partial charge in [0.15, 0.2) is 0 Å². The first kappa shape index (κ1) is 19.8. The van der Waals surface area contributed by atoms with E-state index in [1.165, 1.54) is 4.57 Å². The zero-order valence-corrected chi connectivity index (χ0v) is 17.0. The molecule has 2 heterocycles. The van der Waals surface area contributed by atoms with E-state index in [2.05, 4.69) is 20.3 Å². The summed E-state index contributed by atoms with van der Waals surface area (Å²) in [5.41, 5.74) is 2.16. The molecule has 2 aromatic heterocycles. The molecule has 1 aromatic carbocycles. The maximum atomic E-state index is 12.1. The molecule has 0 spiro atoms. The van der Waals surface area contributed by atoms with Crippen molar-refractivity contribution in [2.75, 3.05) is 5.32 Å². The zero-order chi connectivity index (χ0) is 20.3. The summed E-state index contributed by atoms with van der Waals surface area (Å²) in [5.74, 6) is 1.03. The summed E-state index contributed by atoms with van der Waals surface area (Å²) >= 11 is 5.93. The van der Waals surface area contributed by atoms with Gasteiger partial charge in [0.05, 0.1) is 0 Å². The van der Waals surface area contributed by atoms with Gasteiger partial charge in [-0.25, -0.2) is 9.78 Å². The molecule has 1 N–H and O–H groups in total. The van der Waals surface area contributed by atoms with Crippen molar-refractivity contribution in [1.29, 1.82) is 0 Å². The van der Waals surface area contributed by atoms with Gasteiger partial charge in [-0.3, -0.25) is 4.57 Å². The van der Waals surface area contributed by atoms with Crippen LogP contribution < -0.4 is 5.32 Å². The molecule has 146 valence electrons. The first-order valence-corrected chi connectivity index (χ1v) is 9.30. The van der Waals surface area contributed by atoms with E-state index in [9.17, 15) is 4.79 Å². The lowest BCUT2D eigenvalue weighted by Gasteiger charge is -2.19. The fourth-order valence-electron chi connectivity index (χ4n) is 2.48. The van der Waals surface area contributed by atoms with Gasteiger partial charge >= 0.3 is 6.09 Å². The highest BCUT2D eigenvalue weighted by Crippen LogP contribution is 2.23. The number of nitrogens with zero attached hydrogens (tertiary/aromatic N) is 4. The van der Waals surface area contributed by atoms with Gasteiger partial charge in [0.2, 0.25) is 11.2 Å². The molecule has 3 aromatic rings. The fraction of sp³-hybridized carbons (Fsp3) is 0.300. The van der Waals surface area contributed by atoms with E-state index in [-0.39, 0.29) is 5.28 Å². The van der Waals surface area contributed by atoms with Crippen molar-refractivity contribution >= 4 is 29.3 Å². The lowest BCUT2D eigenvalue weighted by atomic mass is 10.1. The molecular formula is C20H22ClN5O2. The molecule has 0 saturated carbocycles. The van der Waals surface area contributed by atoms with Crippen LogP contribution in [0.2, 0.25) is 5.28 Å². The van der Waals surface area contributed by atoms with Crippen molar-refractivity contribution in [2.45, 2.75) is 39.7 Å². The van der Waals surface area contributed by atoms with Crippen molar-refractivity contribution in [2.24, 2.45) is 0 Å². The molecule has 0 saturated heterocycles. The number of hydrogen-bond acceptors (Lipinski definition) is 6. The molecule has 0 aliphatic rings. The summed E-state index contributed by atoms with van der Waals surface area (Å²) in [4.78, 5) is 24.6. The Kier molecular flexibility index (Phi) is 5.65. The second kappa shape index (κ2) is 7.98. The number of halogens is 1. The Morgan fingerprint density at radius 2 is 1.82 bits per heavy atom. The highest BCUT2D eigenvalue weighted by molar-refractivity contribution is 6.28. The molecule has 0 bridgehead atoms. The van der Waals surface area contributed by atoms with Crippen LogP contribution in [-0.2, 0) is 11.2 Å². The minimum Gasteiger partial charge on any atom is -0.443 e. The third-order valence-electron chi connectivity index (χ3n) is 3.74. The summed E-state index contributed by atoms with van der Waals surface area (Å²) in [7, 11) is 0. The molecule has 0 aliphatic carbocycles. The Labute approximate surface area is 168 Å². The normalized spacial score (nSPS) is 11.3. The SMILES string of the molecule is CCc1nc(Cl)nc(Nc2ccc(-c3ccn(C(=O)OC(C)(C)C)c3)cc2)n1. The van der Waals surface area contributed by atoms with Gasteiger partial charge in [0, 0.05) is 24.5 Å². The van der Waals surface area contributed by atoms with Crippen molar-refractivity contribution in [1.82, 2.24) is 19.5 Å². The van der Waals surface area contributed by atoms with Crippen LogP contribution in [-0.4, -0.2) is 31.2 Å². The summed E-state index contributed by atoms with van der Waals surface area (Å²) < 4.78 is 6.81. The maximum absolute atomic E-state index is 12.1. The third-order valence-corrected chi connectivity index (χ3v) is 3.91. The first-order chi connectivity index (χ1) is 13.2. The lowest BCUT2D eigenvalue weighted by molar-refractivity contribution is 0.0537. The summed E-state index contributed by atoms with van der Waals surface area (Å²) in [5, 5.41) is 3.28. The van der Waals surface area contributed by atoms with E-state index in [1.54, 1.807) is 12.4 Å².